The van der Waals surface area contributed by atoms with Crippen LogP contribution in [0, 0.1) is 0 Å². The van der Waals surface area contributed by atoms with Crippen molar-refractivity contribution in [3.05, 3.63) is 36.7 Å². The van der Waals surface area contributed by atoms with Crippen LogP contribution in [0.2, 0.25) is 0 Å². The van der Waals surface area contributed by atoms with Crippen molar-refractivity contribution in [2.45, 2.75) is 0 Å². The topological polar surface area (TPSA) is 41.1 Å². The van der Waals surface area contributed by atoms with Crippen LogP contribution in [0.3, 0.4) is 0 Å². The summed E-state index contributed by atoms with van der Waals surface area (Å²) in [7, 11) is 5.88. The van der Waals surface area contributed by atoms with E-state index < -0.39 is 0 Å². The second-order valence-corrected chi connectivity index (χ2v) is 3.98. The Bertz CT molecular complexity index is 491. The SMILES string of the molecule is CNc1cncc(-c2ccc(N(C)C)cc2)n1. The van der Waals surface area contributed by atoms with Crippen molar-refractivity contribution in [2.75, 3.05) is 31.4 Å². The van der Waals surface area contributed by atoms with Gasteiger partial charge in [-0.05, 0) is 12.1 Å². The molecule has 1 aromatic carbocycles. The van der Waals surface area contributed by atoms with E-state index in [2.05, 4.69) is 44.5 Å². The minimum Gasteiger partial charge on any atom is -0.378 e. The molecule has 1 aromatic heterocycles. The average molecular weight is 228 g/mol. The van der Waals surface area contributed by atoms with Crippen LogP contribution in [0.4, 0.5) is 11.5 Å². The first-order valence-corrected chi connectivity index (χ1v) is 5.48. The number of benzene rings is 1. The van der Waals surface area contributed by atoms with Gasteiger partial charge >= 0.3 is 0 Å². The molecule has 4 nitrogen and oxygen atoms in total. The number of aromatic nitrogens is 2. The summed E-state index contributed by atoms with van der Waals surface area (Å²) in [5.74, 6) is 0.777. The third-order valence-corrected chi connectivity index (χ3v) is 2.57. The highest BCUT2D eigenvalue weighted by Crippen LogP contribution is 2.20. The van der Waals surface area contributed by atoms with Crippen molar-refractivity contribution in [1.82, 2.24) is 9.97 Å². The molecule has 0 aliphatic heterocycles. The van der Waals surface area contributed by atoms with Gasteiger partial charge in [0.05, 0.1) is 18.1 Å². The summed E-state index contributed by atoms with van der Waals surface area (Å²) in [6.45, 7) is 0. The zero-order valence-electron chi connectivity index (χ0n) is 10.3. The Morgan fingerprint density at radius 1 is 1.06 bits per heavy atom. The van der Waals surface area contributed by atoms with E-state index in [-0.39, 0.29) is 0 Å². The van der Waals surface area contributed by atoms with Gasteiger partial charge in [-0.2, -0.15) is 0 Å². The third-order valence-electron chi connectivity index (χ3n) is 2.57. The summed E-state index contributed by atoms with van der Waals surface area (Å²) in [5.41, 5.74) is 3.12. The van der Waals surface area contributed by atoms with Gasteiger partial charge in [-0.25, -0.2) is 4.98 Å². The molecule has 0 spiro atoms. The molecule has 0 unspecified atom stereocenters. The monoisotopic (exact) mass is 228 g/mol. The Labute approximate surface area is 101 Å². The van der Waals surface area contributed by atoms with E-state index in [1.165, 1.54) is 5.69 Å². The van der Waals surface area contributed by atoms with Crippen molar-refractivity contribution >= 4 is 11.5 Å². The first kappa shape index (κ1) is 11.4. The predicted molar refractivity (Wildman–Crippen MR) is 71.3 cm³/mol. The van der Waals surface area contributed by atoms with E-state index in [1.54, 1.807) is 12.4 Å². The summed E-state index contributed by atoms with van der Waals surface area (Å²) < 4.78 is 0. The van der Waals surface area contributed by atoms with Gasteiger partial charge in [0.2, 0.25) is 0 Å². The molecule has 2 rings (SSSR count). The summed E-state index contributed by atoms with van der Waals surface area (Å²) in [5, 5.41) is 2.98. The molecule has 0 amide bonds. The van der Waals surface area contributed by atoms with Gasteiger partial charge in [0.25, 0.3) is 0 Å². The van der Waals surface area contributed by atoms with Gasteiger partial charge in [-0.1, -0.05) is 12.1 Å². The molecule has 17 heavy (non-hydrogen) atoms. The summed E-state index contributed by atoms with van der Waals surface area (Å²) in [4.78, 5) is 10.7. The Morgan fingerprint density at radius 3 is 2.35 bits per heavy atom. The third kappa shape index (κ3) is 2.53. The molecule has 1 heterocycles. The predicted octanol–water partition coefficient (Wildman–Crippen LogP) is 2.25. The molecule has 0 bridgehead atoms. The highest BCUT2D eigenvalue weighted by molar-refractivity contribution is 5.63. The van der Waals surface area contributed by atoms with E-state index in [1.807, 2.05) is 21.1 Å². The molecular formula is C13H16N4. The Hall–Kier alpha value is -2.10. The summed E-state index contributed by atoms with van der Waals surface area (Å²) in [6, 6.07) is 8.25. The zero-order valence-corrected chi connectivity index (χ0v) is 10.3. The number of hydrogen-bond acceptors (Lipinski definition) is 4. The fourth-order valence-corrected chi connectivity index (χ4v) is 1.56. The summed E-state index contributed by atoms with van der Waals surface area (Å²) >= 11 is 0. The largest absolute Gasteiger partial charge is 0.378 e. The van der Waals surface area contributed by atoms with Crippen LogP contribution in [0.1, 0.15) is 0 Å². The average Bonchev–Trinajstić information content (AvgIpc) is 2.39. The van der Waals surface area contributed by atoms with E-state index in [9.17, 15) is 0 Å². The van der Waals surface area contributed by atoms with Crippen molar-refractivity contribution < 1.29 is 0 Å². The van der Waals surface area contributed by atoms with Crippen molar-refractivity contribution in [3.63, 3.8) is 0 Å². The number of anilines is 2. The quantitative estimate of drug-likeness (QED) is 0.874. The lowest BCUT2D eigenvalue weighted by Gasteiger charge is -2.12. The molecule has 0 fully saturated rings. The molecule has 0 saturated carbocycles. The highest BCUT2D eigenvalue weighted by Gasteiger charge is 2.02. The van der Waals surface area contributed by atoms with E-state index >= 15 is 0 Å². The molecule has 2 aromatic rings. The lowest BCUT2D eigenvalue weighted by atomic mass is 10.1. The van der Waals surface area contributed by atoms with Crippen LogP contribution >= 0.6 is 0 Å². The molecule has 0 aliphatic rings. The maximum atomic E-state index is 4.45. The lowest BCUT2D eigenvalue weighted by molar-refractivity contribution is 1.13. The number of rotatable bonds is 3. The minimum atomic E-state index is 0.777. The zero-order chi connectivity index (χ0) is 12.3. The van der Waals surface area contributed by atoms with Crippen LogP contribution in [-0.2, 0) is 0 Å². The first-order valence-electron chi connectivity index (χ1n) is 5.48. The van der Waals surface area contributed by atoms with Crippen LogP contribution in [-0.4, -0.2) is 31.1 Å². The molecule has 0 aliphatic carbocycles. The van der Waals surface area contributed by atoms with Gasteiger partial charge < -0.3 is 10.2 Å². The van der Waals surface area contributed by atoms with Crippen molar-refractivity contribution in [3.8, 4) is 11.3 Å². The van der Waals surface area contributed by atoms with Gasteiger partial charge in [0.1, 0.15) is 5.82 Å². The highest BCUT2D eigenvalue weighted by atomic mass is 15.1. The van der Waals surface area contributed by atoms with Gasteiger partial charge in [-0.15, -0.1) is 0 Å². The van der Waals surface area contributed by atoms with Crippen molar-refractivity contribution in [1.29, 1.82) is 0 Å². The Kier molecular flexibility index (Phi) is 3.23. The fourth-order valence-electron chi connectivity index (χ4n) is 1.56. The minimum absolute atomic E-state index is 0.777. The van der Waals surface area contributed by atoms with Gasteiger partial charge in [-0.3, -0.25) is 4.98 Å². The van der Waals surface area contributed by atoms with Crippen LogP contribution in [0.15, 0.2) is 36.7 Å². The number of nitrogens with zero attached hydrogens (tertiary/aromatic N) is 3. The van der Waals surface area contributed by atoms with Gasteiger partial charge in [0.15, 0.2) is 0 Å². The molecular weight excluding hydrogens is 212 g/mol. The Morgan fingerprint density at radius 2 is 1.76 bits per heavy atom. The smallest absolute Gasteiger partial charge is 0.144 e. The maximum Gasteiger partial charge on any atom is 0.144 e. The normalized spacial score (nSPS) is 10.1. The van der Waals surface area contributed by atoms with Crippen LogP contribution in [0.25, 0.3) is 11.3 Å². The van der Waals surface area contributed by atoms with Gasteiger partial charge in [0, 0.05) is 32.4 Å². The number of nitrogens with one attached hydrogen (secondary N) is 1. The van der Waals surface area contributed by atoms with E-state index in [0.717, 1.165) is 17.1 Å². The molecule has 88 valence electrons. The lowest BCUT2D eigenvalue weighted by Crippen LogP contribution is -2.07. The van der Waals surface area contributed by atoms with Crippen molar-refractivity contribution in [2.24, 2.45) is 0 Å². The first-order chi connectivity index (χ1) is 8.20. The Balaban J connectivity index is 2.32. The molecule has 0 atom stereocenters. The molecule has 1 N–H and O–H groups in total. The second-order valence-electron chi connectivity index (χ2n) is 3.98. The summed E-state index contributed by atoms with van der Waals surface area (Å²) in [6.07, 6.45) is 3.48. The standard InChI is InChI=1S/C13H16N4/c1-14-13-9-15-8-12(16-13)10-4-6-11(7-5-10)17(2)3/h4-9H,1-3H3,(H,14,16). The second kappa shape index (κ2) is 4.82. The van der Waals surface area contributed by atoms with Crippen LogP contribution in [0.5, 0.6) is 0 Å². The molecule has 0 radical (unpaired) electrons. The van der Waals surface area contributed by atoms with E-state index in [4.69, 9.17) is 0 Å². The van der Waals surface area contributed by atoms with Crippen LogP contribution < -0.4 is 10.2 Å². The van der Waals surface area contributed by atoms with E-state index in [0.29, 0.717) is 0 Å². The number of hydrogen-bond donors (Lipinski definition) is 1. The molecule has 0 saturated heterocycles. The molecule has 4 heteroatoms. The maximum absolute atomic E-state index is 4.45. The fraction of sp³-hybridized carbons (Fsp3) is 0.231.